The third-order valence-electron chi connectivity index (χ3n) is 13.4. The Bertz CT molecular complexity index is 3210. The fraction of sp³-hybridized carbons (Fsp3) is 0. The van der Waals surface area contributed by atoms with E-state index in [1.54, 1.807) is 0 Å². The van der Waals surface area contributed by atoms with Gasteiger partial charge in [-0.3, -0.25) is 0 Å². The molecule has 1 heteroatoms. The second-order valence-corrected chi connectivity index (χ2v) is 16.7. The molecule has 0 fully saturated rings. The molecule has 0 aromatic heterocycles. The van der Waals surface area contributed by atoms with Gasteiger partial charge in [0, 0.05) is 16.5 Å². The predicted octanol–water partition coefficient (Wildman–Crippen LogP) is 17.4. The van der Waals surface area contributed by atoms with E-state index in [2.05, 4.69) is 241 Å². The van der Waals surface area contributed by atoms with Crippen LogP contribution in [-0.4, -0.2) is 0 Å². The van der Waals surface area contributed by atoms with Crippen LogP contribution in [0.5, 0.6) is 0 Å². The van der Waals surface area contributed by atoms with Crippen LogP contribution >= 0.6 is 0 Å². The Morgan fingerprint density at radius 2 is 0.492 bits per heavy atom. The first-order valence-corrected chi connectivity index (χ1v) is 21.9. The molecule has 1 nitrogen and oxygen atoms in total. The molecule has 0 unspecified atom stereocenters. The van der Waals surface area contributed by atoms with Crippen LogP contribution in [0.15, 0.2) is 237 Å². The summed E-state index contributed by atoms with van der Waals surface area (Å²) in [7, 11) is 0. The molecule has 2 aliphatic carbocycles. The molecule has 0 N–H and O–H groups in total. The smallest absolute Gasteiger partial charge is 0.0540 e. The van der Waals surface area contributed by atoms with Gasteiger partial charge in [0.1, 0.15) is 0 Å². The van der Waals surface area contributed by atoms with Crippen LogP contribution in [0, 0.1) is 0 Å². The monoisotopic (exact) mass is 797 g/mol. The summed E-state index contributed by atoms with van der Waals surface area (Å²) in [5.74, 6) is 0. The van der Waals surface area contributed by atoms with Crippen molar-refractivity contribution in [1.29, 1.82) is 0 Å². The van der Waals surface area contributed by atoms with Gasteiger partial charge in [0.15, 0.2) is 0 Å². The minimum absolute atomic E-state index is 1.12. The molecule has 11 aromatic carbocycles. The summed E-state index contributed by atoms with van der Waals surface area (Å²) in [6.07, 6.45) is 0. The Morgan fingerprint density at radius 1 is 0.206 bits per heavy atom. The number of nitrogens with zero attached hydrogens (tertiary/aromatic N) is 1. The molecule has 292 valence electrons. The van der Waals surface area contributed by atoms with Crippen LogP contribution in [0.2, 0.25) is 0 Å². The number of fused-ring (bicyclic) bond motifs is 6. The predicted molar refractivity (Wildman–Crippen MR) is 267 cm³/mol. The Labute approximate surface area is 367 Å². The number of hydrogen-bond acceptors (Lipinski definition) is 1. The molecule has 0 bridgehead atoms. The third kappa shape index (κ3) is 5.37. The fourth-order valence-electron chi connectivity index (χ4n) is 10.7. The highest BCUT2D eigenvalue weighted by atomic mass is 15.1. The summed E-state index contributed by atoms with van der Waals surface area (Å²) in [4.78, 5) is 2.50. The third-order valence-corrected chi connectivity index (χ3v) is 13.4. The second kappa shape index (κ2) is 14.2. The topological polar surface area (TPSA) is 3.24 Å². The van der Waals surface area contributed by atoms with E-state index in [9.17, 15) is 0 Å². The number of anilines is 3. The van der Waals surface area contributed by atoms with E-state index in [4.69, 9.17) is 0 Å². The summed E-state index contributed by atoms with van der Waals surface area (Å²) >= 11 is 0. The molecule has 0 spiro atoms. The van der Waals surface area contributed by atoms with E-state index in [1.165, 1.54) is 111 Å². The average Bonchev–Trinajstić information content (AvgIpc) is 3.89. The van der Waals surface area contributed by atoms with Crippen LogP contribution in [0.4, 0.5) is 17.1 Å². The second-order valence-electron chi connectivity index (χ2n) is 16.7. The van der Waals surface area contributed by atoms with Crippen LogP contribution in [0.3, 0.4) is 0 Å². The van der Waals surface area contributed by atoms with Gasteiger partial charge in [-0.15, -0.1) is 0 Å². The molecule has 2 aliphatic rings. The van der Waals surface area contributed by atoms with E-state index in [1.807, 2.05) is 0 Å². The Balaban J connectivity index is 1.07. The molecule has 0 aliphatic heterocycles. The number of benzene rings is 11. The van der Waals surface area contributed by atoms with Gasteiger partial charge < -0.3 is 4.90 Å². The highest BCUT2D eigenvalue weighted by Gasteiger charge is 2.32. The summed E-state index contributed by atoms with van der Waals surface area (Å²) in [6, 6.07) is 87.1. The standard InChI is InChI=1S/C62H39N/c1-6-18-40(19-7-1)45-32-34-47(42-22-10-3-11-23-42)61-53-36-38-55(49-28-16-30-51(57(49)53)59(45)61)63(44-26-14-5-15-27-44)56-39-37-54-58-50(56)29-17-31-52(58)60-46(41-20-8-2-9-21-41)33-35-48(62(54)60)43-24-12-4-13-25-43/h1-39H. The normalized spacial score (nSPS) is 11.8. The lowest BCUT2D eigenvalue weighted by molar-refractivity contribution is 1.31. The maximum Gasteiger partial charge on any atom is 0.0540 e. The van der Waals surface area contributed by atoms with E-state index < -0.39 is 0 Å². The van der Waals surface area contributed by atoms with Gasteiger partial charge in [0.05, 0.1) is 11.4 Å². The molecule has 0 amide bonds. The zero-order valence-corrected chi connectivity index (χ0v) is 34.5. The number of rotatable bonds is 7. The Hall–Kier alpha value is -8.26. The van der Waals surface area contributed by atoms with Gasteiger partial charge in [-0.25, -0.2) is 0 Å². The first-order chi connectivity index (χ1) is 31.3. The molecular formula is C62H39N. The summed E-state index contributed by atoms with van der Waals surface area (Å²) in [6.45, 7) is 0. The molecule has 0 atom stereocenters. The fourth-order valence-corrected chi connectivity index (χ4v) is 10.7. The summed E-state index contributed by atoms with van der Waals surface area (Å²) in [5.41, 5.74) is 23.7. The zero-order valence-electron chi connectivity index (χ0n) is 34.5. The van der Waals surface area contributed by atoms with Gasteiger partial charge in [-0.05, 0) is 124 Å². The van der Waals surface area contributed by atoms with Crippen molar-refractivity contribution in [3.05, 3.63) is 237 Å². The summed E-state index contributed by atoms with van der Waals surface area (Å²) < 4.78 is 0. The zero-order chi connectivity index (χ0) is 41.4. The van der Waals surface area contributed by atoms with Crippen molar-refractivity contribution in [3.63, 3.8) is 0 Å². The van der Waals surface area contributed by atoms with Crippen LogP contribution in [0.25, 0.3) is 111 Å². The van der Waals surface area contributed by atoms with Crippen LogP contribution in [0.1, 0.15) is 0 Å². The minimum Gasteiger partial charge on any atom is -0.309 e. The molecule has 11 aromatic rings. The Morgan fingerprint density at radius 3 is 0.825 bits per heavy atom. The quantitative estimate of drug-likeness (QED) is 0.155. The number of para-hydroxylation sites is 1. The van der Waals surface area contributed by atoms with Crippen LogP contribution < -0.4 is 4.90 Å². The summed E-state index contributed by atoms with van der Waals surface area (Å²) in [5, 5.41) is 5.05. The van der Waals surface area contributed by atoms with E-state index in [-0.39, 0.29) is 0 Å². The molecule has 0 radical (unpaired) electrons. The maximum absolute atomic E-state index is 2.50. The van der Waals surface area contributed by atoms with E-state index in [0.29, 0.717) is 0 Å². The van der Waals surface area contributed by atoms with Gasteiger partial charge in [0.2, 0.25) is 0 Å². The molecular weight excluding hydrogens is 759 g/mol. The SMILES string of the molecule is c1ccc(-c2ccc(-c3ccccc3)c3c2-c2cccc4c(N(c5ccccc5)c5ccc6c7c(cccc57)-c5c(-c7ccccc7)ccc(-c7ccccc7)c5-6)ccc-3c24)cc1. The Kier molecular flexibility index (Phi) is 7.98. The van der Waals surface area contributed by atoms with Crippen LogP contribution in [-0.2, 0) is 0 Å². The first kappa shape index (κ1) is 35.5. The van der Waals surface area contributed by atoms with Gasteiger partial charge in [-0.1, -0.05) is 212 Å². The van der Waals surface area contributed by atoms with Gasteiger partial charge in [0.25, 0.3) is 0 Å². The van der Waals surface area contributed by atoms with Crippen molar-refractivity contribution in [2.45, 2.75) is 0 Å². The van der Waals surface area contributed by atoms with Crippen molar-refractivity contribution >= 4 is 38.6 Å². The lowest BCUT2D eigenvalue weighted by Crippen LogP contribution is -2.11. The highest BCUT2D eigenvalue weighted by Crippen LogP contribution is 2.59. The largest absolute Gasteiger partial charge is 0.309 e. The lowest BCUT2D eigenvalue weighted by atomic mass is 9.88. The van der Waals surface area contributed by atoms with Gasteiger partial charge >= 0.3 is 0 Å². The average molecular weight is 798 g/mol. The van der Waals surface area contributed by atoms with Crippen molar-refractivity contribution in [3.8, 4) is 89.0 Å². The van der Waals surface area contributed by atoms with Crippen molar-refractivity contribution in [1.82, 2.24) is 0 Å². The van der Waals surface area contributed by atoms with Crippen molar-refractivity contribution in [2.24, 2.45) is 0 Å². The minimum atomic E-state index is 1.12. The highest BCUT2D eigenvalue weighted by molar-refractivity contribution is 6.26. The number of hydrogen-bond donors (Lipinski definition) is 0. The van der Waals surface area contributed by atoms with E-state index in [0.717, 1.165) is 17.1 Å². The van der Waals surface area contributed by atoms with E-state index >= 15 is 0 Å². The molecule has 63 heavy (non-hydrogen) atoms. The molecule has 0 saturated heterocycles. The molecule has 13 rings (SSSR count). The maximum atomic E-state index is 2.50. The van der Waals surface area contributed by atoms with Gasteiger partial charge in [-0.2, -0.15) is 0 Å². The van der Waals surface area contributed by atoms with Crippen molar-refractivity contribution in [2.75, 3.05) is 4.90 Å². The first-order valence-electron chi connectivity index (χ1n) is 21.9. The molecule has 0 heterocycles. The van der Waals surface area contributed by atoms with Crippen molar-refractivity contribution < 1.29 is 0 Å². The lowest BCUT2D eigenvalue weighted by Gasteiger charge is -2.29. The molecule has 0 saturated carbocycles.